The lowest BCUT2D eigenvalue weighted by Crippen LogP contribution is -2.16. The molecule has 0 fully saturated rings. The van der Waals surface area contributed by atoms with Crippen molar-refractivity contribution in [2.24, 2.45) is 0 Å². The van der Waals surface area contributed by atoms with E-state index in [1.54, 1.807) is 23.7 Å². The van der Waals surface area contributed by atoms with Crippen LogP contribution in [-0.2, 0) is 17.9 Å². The van der Waals surface area contributed by atoms with Crippen molar-refractivity contribution >= 4 is 40.6 Å². The molecule has 0 atom stereocenters. The fraction of sp³-hybridized carbons (Fsp3) is 0.316. The summed E-state index contributed by atoms with van der Waals surface area (Å²) in [6, 6.07) is 6.76. The zero-order valence-electron chi connectivity index (χ0n) is 16.6. The summed E-state index contributed by atoms with van der Waals surface area (Å²) in [4.78, 5) is 22.7. The van der Waals surface area contributed by atoms with E-state index in [-0.39, 0.29) is 24.7 Å². The first kappa shape index (κ1) is 21.8. The molecule has 30 heavy (non-hydrogen) atoms. The number of nitrogens with zero attached hydrogens (tertiary/aromatic N) is 5. The SMILES string of the molecule is Cc1nn(Cc2ccc(Cl)c(Cl)c2)c(C)c1NC(=O)CCn1nc([N+](=O)[O-])cc1C. The topological polar surface area (TPSA) is 108 Å². The van der Waals surface area contributed by atoms with Crippen LogP contribution in [-0.4, -0.2) is 30.4 Å². The maximum absolute atomic E-state index is 12.4. The summed E-state index contributed by atoms with van der Waals surface area (Å²) in [7, 11) is 0. The highest BCUT2D eigenvalue weighted by Crippen LogP contribution is 2.25. The van der Waals surface area contributed by atoms with Crippen molar-refractivity contribution in [1.29, 1.82) is 0 Å². The van der Waals surface area contributed by atoms with Gasteiger partial charge in [0.15, 0.2) is 0 Å². The first-order valence-electron chi connectivity index (χ1n) is 9.12. The highest BCUT2D eigenvalue weighted by Gasteiger charge is 2.18. The molecule has 3 aromatic rings. The van der Waals surface area contributed by atoms with E-state index in [1.165, 1.54) is 10.7 Å². The van der Waals surface area contributed by atoms with Gasteiger partial charge in [0, 0.05) is 6.42 Å². The van der Waals surface area contributed by atoms with Crippen molar-refractivity contribution in [2.45, 2.75) is 40.3 Å². The summed E-state index contributed by atoms with van der Waals surface area (Å²) in [5.41, 5.74) is 3.69. The van der Waals surface area contributed by atoms with E-state index in [4.69, 9.17) is 23.2 Å². The number of nitrogens with one attached hydrogen (secondary N) is 1. The maximum atomic E-state index is 12.4. The molecule has 9 nitrogen and oxygen atoms in total. The third-order valence-corrected chi connectivity index (χ3v) is 5.41. The van der Waals surface area contributed by atoms with Gasteiger partial charge in [0.1, 0.15) is 0 Å². The highest BCUT2D eigenvalue weighted by atomic mass is 35.5. The van der Waals surface area contributed by atoms with Gasteiger partial charge >= 0.3 is 5.82 Å². The van der Waals surface area contributed by atoms with Gasteiger partial charge in [-0.1, -0.05) is 29.3 Å². The molecule has 3 rings (SSSR count). The minimum atomic E-state index is -0.557. The number of hydrogen-bond donors (Lipinski definition) is 1. The Labute approximate surface area is 182 Å². The summed E-state index contributed by atoms with van der Waals surface area (Å²) in [6.45, 7) is 6.11. The van der Waals surface area contributed by atoms with E-state index in [0.29, 0.717) is 33.7 Å². The van der Waals surface area contributed by atoms with Gasteiger partial charge in [-0.2, -0.15) is 9.78 Å². The van der Waals surface area contributed by atoms with Crippen molar-refractivity contribution in [3.05, 3.63) is 67.1 Å². The summed E-state index contributed by atoms with van der Waals surface area (Å²) >= 11 is 12.0. The second-order valence-corrected chi connectivity index (χ2v) is 7.69. The molecule has 0 aliphatic carbocycles. The van der Waals surface area contributed by atoms with Gasteiger partial charge in [-0.3, -0.25) is 9.48 Å². The average molecular weight is 451 g/mol. The molecule has 2 aromatic heterocycles. The largest absolute Gasteiger partial charge is 0.390 e. The zero-order chi connectivity index (χ0) is 22.0. The number of amides is 1. The third kappa shape index (κ3) is 4.80. The van der Waals surface area contributed by atoms with Crippen LogP contribution in [0.3, 0.4) is 0 Å². The average Bonchev–Trinajstić information content (AvgIpc) is 3.18. The van der Waals surface area contributed by atoms with Crippen LogP contribution in [0.15, 0.2) is 24.3 Å². The number of aromatic nitrogens is 4. The summed E-state index contributed by atoms with van der Waals surface area (Å²) in [5, 5.41) is 23.0. The minimum absolute atomic E-state index is 0.122. The number of benzene rings is 1. The molecule has 0 aliphatic rings. The molecule has 0 unspecified atom stereocenters. The second-order valence-electron chi connectivity index (χ2n) is 6.87. The van der Waals surface area contributed by atoms with Gasteiger partial charge in [-0.25, -0.2) is 0 Å². The van der Waals surface area contributed by atoms with Gasteiger partial charge in [-0.05, 0) is 43.4 Å². The molecule has 0 spiro atoms. The molecule has 0 saturated carbocycles. The number of anilines is 1. The van der Waals surface area contributed by atoms with Gasteiger partial charge in [0.2, 0.25) is 5.91 Å². The maximum Gasteiger partial charge on any atom is 0.390 e. The van der Waals surface area contributed by atoms with Crippen LogP contribution < -0.4 is 5.32 Å². The summed E-state index contributed by atoms with van der Waals surface area (Å²) in [6.07, 6.45) is 0.122. The van der Waals surface area contributed by atoms with Gasteiger partial charge in [-0.15, -0.1) is 0 Å². The highest BCUT2D eigenvalue weighted by molar-refractivity contribution is 6.42. The molecule has 1 aromatic carbocycles. The van der Waals surface area contributed by atoms with Gasteiger partial charge < -0.3 is 15.4 Å². The standard InChI is InChI=1S/C19H20Cl2N6O3/c1-11-8-17(27(29)30)24-25(11)7-6-18(28)22-19-12(2)23-26(13(19)3)10-14-4-5-15(20)16(21)9-14/h4-5,8-9H,6-7,10H2,1-3H3,(H,22,28). The molecule has 0 saturated heterocycles. The van der Waals surface area contributed by atoms with E-state index in [1.807, 2.05) is 19.9 Å². The Bertz CT molecular complexity index is 1120. The fourth-order valence-corrected chi connectivity index (χ4v) is 3.38. The normalized spacial score (nSPS) is 11.0. The molecule has 11 heteroatoms. The Kier molecular flexibility index (Phi) is 6.42. The summed E-state index contributed by atoms with van der Waals surface area (Å²) < 4.78 is 3.23. The van der Waals surface area contributed by atoms with Crippen molar-refractivity contribution in [1.82, 2.24) is 19.6 Å². The molecule has 0 bridgehead atoms. The Balaban J connectivity index is 1.67. The van der Waals surface area contributed by atoms with E-state index in [0.717, 1.165) is 11.3 Å². The van der Waals surface area contributed by atoms with Crippen molar-refractivity contribution < 1.29 is 9.72 Å². The van der Waals surface area contributed by atoms with Crippen LogP contribution in [0.1, 0.15) is 29.1 Å². The first-order valence-corrected chi connectivity index (χ1v) is 9.88. The first-order chi connectivity index (χ1) is 14.2. The number of carbonyl (C=O) groups excluding carboxylic acids is 1. The molecule has 158 valence electrons. The lowest BCUT2D eigenvalue weighted by molar-refractivity contribution is -0.389. The number of carbonyl (C=O) groups is 1. The van der Waals surface area contributed by atoms with E-state index < -0.39 is 4.92 Å². The molecule has 2 heterocycles. The number of hydrogen-bond acceptors (Lipinski definition) is 5. The van der Waals surface area contributed by atoms with Crippen LogP contribution >= 0.6 is 23.2 Å². The van der Waals surface area contributed by atoms with E-state index in [2.05, 4.69) is 15.5 Å². The predicted octanol–water partition coefficient (Wildman–Crippen LogP) is 4.30. The smallest absolute Gasteiger partial charge is 0.358 e. The quantitative estimate of drug-likeness (QED) is 0.426. The Hall–Kier alpha value is -2.91. The van der Waals surface area contributed by atoms with Crippen LogP contribution in [0.2, 0.25) is 10.0 Å². The number of rotatable bonds is 7. The minimum Gasteiger partial charge on any atom is -0.358 e. The molecule has 1 amide bonds. The lowest BCUT2D eigenvalue weighted by atomic mass is 10.2. The number of aryl methyl sites for hydroxylation is 3. The van der Waals surface area contributed by atoms with Crippen LogP contribution in [0.4, 0.5) is 11.5 Å². The number of nitro groups is 1. The Morgan fingerprint density at radius 1 is 1.13 bits per heavy atom. The third-order valence-electron chi connectivity index (χ3n) is 4.67. The predicted molar refractivity (Wildman–Crippen MR) is 114 cm³/mol. The van der Waals surface area contributed by atoms with E-state index >= 15 is 0 Å². The van der Waals surface area contributed by atoms with Crippen LogP contribution in [0.5, 0.6) is 0 Å². The Morgan fingerprint density at radius 3 is 2.50 bits per heavy atom. The molecule has 0 aliphatic heterocycles. The van der Waals surface area contributed by atoms with Crippen molar-refractivity contribution in [3.8, 4) is 0 Å². The van der Waals surface area contributed by atoms with E-state index in [9.17, 15) is 14.9 Å². The monoisotopic (exact) mass is 450 g/mol. The molecular weight excluding hydrogens is 431 g/mol. The lowest BCUT2D eigenvalue weighted by Gasteiger charge is -2.08. The summed E-state index contributed by atoms with van der Waals surface area (Å²) in [5.74, 6) is -0.462. The van der Waals surface area contributed by atoms with Gasteiger partial charge in [0.25, 0.3) is 0 Å². The molecular formula is C19H20Cl2N6O3. The molecule has 1 N–H and O–H groups in total. The van der Waals surface area contributed by atoms with Crippen LogP contribution in [0, 0.1) is 30.9 Å². The number of halogens is 2. The van der Waals surface area contributed by atoms with Crippen LogP contribution in [0.25, 0.3) is 0 Å². The zero-order valence-corrected chi connectivity index (χ0v) is 18.2. The Morgan fingerprint density at radius 2 is 1.87 bits per heavy atom. The van der Waals surface area contributed by atoms with Crippen molar-refractivity contribution in [3.63, 3.8) is 0 Å². The molecule has 0 radical (unpaired) electrons. The fourth-order valence-electron chi connectivity index (χ4n) is 3.06. The van der Waals surface area contributed by atoms with Gasteiger partial charge in [0.05, 0.1) is 57.1 Å². The second kappa shape index (κ2) is 8.85. The van der Waals surface area contributed by atoms with Crippen molar-refractivity contribution in [2.75, 3.05) is 5.32 Å².